The number of fused-ring (bicyclic) bond motifs is 1. The maximum absolute atomic E-state index is 14.8. The van der Waals surface area contributed by atoms with Gasteiger partial charge in [0, 0.05) is 37.8 Å². The minimum absolute atomic E-state index is 0.0218. The van der Waals surface area contributed by atoms with E-state index in [0.717, 1.165) is 31.4 Å². The van der Waals surface area contributed by atoms with Crippen LogP contribution in [-0.4, -0.2) is 45.5 Å². The number of carbonyl (C=O) groups excluding carboxylic acids is 1. The summed E-state index contributed by atoms with van der Waals surface area (Å²) in [5.41, 5.74) is 0.327. The Bertz CT molecular complexity index is 1440. The number of aromatic nitrogens is 3. The van der Waals surface area contributed by atoms with Crippen molar-refractivity contribution >= 4 is 34.7 Å². The number of piperidine rings is 1. The fourth-order valence-electron chi connectivity index (χ4n) is 4.34. The van der Waals surface area contributed by atoms with Crippen molar-refractivity contribution < 1.29 is 22.4 Å². The molecule has 186 valence electrons. The Labute approximate surface area is 208 Å². The van der Waals surface area contributed by atoms with Gasteiger partial charge in [0.05, 0.1) is 16.4 Å². The fourth-order valence-corrected chi connectivity index (χ4v) is 4.63. The van der Waals surface area contributed by atoms with Crippen LogP contribution in [-0.2, 0) is 0 Å². The topological polar surface area (TPSA) is 53.7 Å². The average molecular weight is 518 g/mol. The van der Waals surface area contributed by atoms with Crippen LogP contribution in [0.2, 0.25) is 5.02 Å². The van der Waals surface area contributed by atoms with Crippen LogP contribution in [0.1, 0.15) is 29.8 Å². The second-order valence-corrected chi connectivity index (χ2v) is 8.94. The maximum Gasteiger partial charge on any atom is 0.274 e. The molecule has 0 aliphatic carbocycles. The van der Waals surface area contributed by atoms with Crippen LogP contribution in [0.5, 0.6) is 0 Å². The van der Waals surface area contributed by atoms with Crippen molar-refractivity contribution in [3.63, 3.8) is 0 Å². The van der Waals surface area contributed by atoms with E-state index in [1.807, 2.05) is 0 Å². The van der Waals surface area contributed by atoms with Crippen molar-refractivity contribution in [3.8, 4) is 11.3 Å². The number of nitrogens with zero attached hydrogens (tertiary/aromatic N) is 5. The molecule has 2 aromatic heterocycles. The molecule has 0 saturated carbocycles. The van der Waals surface area contributed by atoms with E-state index in [2.05, 4.69) is 10.1 Å². The minimum atomic E-state index is -1.60. The first-order chi connectivity index (χ1) is 17.2. The van der Waals surface area contributed by atoms with E-state index in [0.29, 0.717) is 13.1 Å². The number of para-hydroxylation sites is 1. The van der Waals surface area contributed by atoms with Crippen molar-refractivity contribution in [2.75, 3.05) is 25.0 Å². The van der Waals surface area contributed by atoms with E-state index in [1.54, 1.807) is 4.90 Å². The van der Waals surface area contributed by atoms with Gasteiger partial charge in [0.15, 0.2) is 28.8 Å². The van der Waals surface area contributed by atoms with Crippen LogP contribution in [0.4, 0.5) is 29.1 Å². The summed E-state index contributed by atoms with van der Waals surface area (Å²) in [5, 5.41) is 4.54. The summed E-state index contributed by atoms with van der Waals surface area (Å²) in [6.45, 7) is 1.22. The minimum Gasteiger partial charge on any atom is -0.337 e. The van der Waals surface area contributed by atoms with Gasteiger partial charge in [0.1, 0.15) is 11.6 Å². The van der Waals surface area contributed by atoms with Crippen LogP contribution < -0.4 is 4.90 Å². The largest absolute Gasteiger partial charge is 0.337 e. The number of rotatable bonds is 4. The van der Waals surface area contributed by atoms with Gasteiger partial charge in [-0.25, -0.2) is 22.5 Å². The molecule has 1 saturated heterocycles. The van der Waals surface area contributed by atoms with Crippen molar-refractivity contribution in [2.45, 2.75) is 19.3 Å². The molecule has 3 heterocycles. The number of amides is 1. The standard InChI is InChI=1S/C25H20ClF4N5O/c1-33(24-15(26)6-5-7-16(24)27)22-13-19(14-10-17(28)23(30)18(29)11-14)31-21-12-20(32-35(21)22)25(36)34-8-3-2-4-9-34/h5-7,10-13H,2-4,8-9H2,1H3. The van der Waals surface area contributed by atoms with E-state index in [-0.39, 0.29) is 45.0 Å². The van der Waals surface area contributed by atoms with E-state index in [9.17, 15) is 22.4 Å². The van der Waals surface area contributed by atoms with Crippen LogP contribution in [0.15, 0.2) is 42.5 Å². The molecule has 0 atom stereocenters. The second kappa shape index (κ2) is 9.42. The summed E-state index contributed by atoms with van der Waals surface area (Å²) in [6.07, 6.45) is 2.83. The number of hydrogen-bond acceptors (Lipinski definition) is 4. The van der Waals surface area contributed by atoms with Gasteiger partial charge in [-0.1, -0.05) is 17.7 Å². The Morgan fingerprint density at radius 3 is 2.33 bits per heavy atom. The third kappa shape index (κ3) is 4.26. The van der Waals surface area contributed by atoms with Crippen LogP contribution in [0.25, 0.3) is 16.9 Å². The quantitative estimate of drug-likeness (QED) is 0.246. The lowest BCUT2D eigenvalue weighted by Crippen LogP contribution is -2.35. The summed E-state index contributed by atoms with van der Waals surface area (Å²) in [7, 11) is 1.53. The monoisotopic (exact) mass is 517 g/mol. The molecule has 4 aromatic rings. The Morgan fingerprint density at radius 1 is 0.972 bits per heavy atom. The molecule has 0 bridgehead atoms. The third-order valence-corrected chi connectivity index (χ3v) is 6.47. The number of likely N-dealkylation sites (tertiary alicyclic amines) is 1. The average Bonchev–Trinajstić information content (AvgIpc) is 3.30. The Kier molecular flexibility index (Phi) is 6.29. The zero-order valence-electron chi connectivity index (χ0n) is 19.1. The molecule has 11 heteroatoms. The Balaban J connectivity index is 1.70. The van der Waals surface area contributed by atoms with Crippen LogP contribution >= 0.6 is 11.6 Å². The zero-order chi connectivity index (χ0) is 25.6. The lowest BCUT2D eigenvalue weighted by Gasteiger charge is -2.25. The highest BCUT2D eigenvalue weighted by molar-refractivity contribution is 6.33. The number of benzene rings is 2. The molecule has 0 spiro atoms. The van der Waals surface area contributed by atoms with Gasteiger partial charge in [0.2, 0.25) is 0 Å². The molecular weight excluding hydrogens is 498 g/mol. The molecule has 0 unspecified atom stereocenters. The summed E-state index contributed by atoms with van der Waals surface area (Å²) >= 11 is 6.27. The van der Waals surface area contributed by atoms with Gasteiger partial charge in [-0.05, 0) is 43.5 Å². The molecule has 2 aromatic carbocycles. The summed E-state index contributed by atoms with van der Waals surface area (Å²) in [5.74, 6) is -5.05. The van der Waals surface area contributed by atoms with Crippen molar-refractivity contribution in [1.29, 1.82) is 0 Å². The summed E-state index contributed by atoms with van der Waals surface area (Å²) in [4.78, 5) is 20.6. The highest BCUT2D eigenvalue weighted by Crippen LogP contribution is 2.35. The normalized spacial score (nSPS) is 13.9. The molecular formula is C25H20ClF4N5O. The predicted molar refractivity (Wildman–Crippen MR) is 128 cm³/mol. The molecule has 6 nitrogen and oxygen atoms in total. The first-order valence-corrected chi connectivity index (χ1v) is 11.6. The first kappa shape index (κ1) is 24.1. The number of hydrogen-bond donors (Lipinski definition) is 0. The van der Waals surface area contributed by atoms with Gasteiger partial charge in [-0.3, -0.25) is 4.79 Å². The lowest BCUT2D eigenvalue weighted by molar-refractivity contribution is 0.0718. The molecule has 5 rings (SSSR count). The fraction of sp³-hybridized carbons (Fsp3) is 0.240. The van der Waals surface area contributed by atoms with E-state index in [4.69, 9.17) is 11.6 Å². The van der Waals surface area contributed by atoms with Gasteiger partial charge >= 0.3 is 0 Å². The molecule has 0 N–H and O–H groups in total. The molecule has 1 amide bonds. The summed E-state index contributed by atoms with van der Waals surface area (Å²) < 4.78 is 57.7. The number of halogens is 5. The lowest BCUT2D eigenvalue weighted by atomic mass is 10.1. The molecule has 1 aliphatic heterocycles. The smallest absolute Gasteiger partial charge is 0.274 e. The van der Waals surface area contributed by atoms with Gasteiger partial charge in [0.25, 0.3) is 5.91 Å². The predicted octanol–water partition coefficient (Wildman–Crippen LogP) is 6.00. The maximum atomic E-state index is 14.8. The SMILES string of the molecule is CN(c1c(F)cccc1Cl)c1cc(-c2cc(F)c(F)c(F)c2)nc2cc(C(=O)N3CCCCC3)nn12. The molecule has 0 radical (unpaired) electrons. The van der Waals surface area contributed by atoms with Crippen molar-refractivity contribution in [1.82, 2.24) is 19.5 Å². The zero-order valence-corrected chi connectivity index (χ0v) is 19.9. The van der Waals surface area contributed by atoms with E-state index < -0.39 is 23.3 Å². The summed E-state index contributed by atoms with van der Waals surface area (Å²) in [6, 6.07) is 8.68. The molecule has 1 aliphatic rings. The second-order valence-electron chi connectivity index (χ2n) is 8.54. The highest BCUT2D eigenvalue weighted by Gasteiger charge is 2.25. The van der Waals surface area contributed by atoms with Gasteiger partial charge < -0.3 is 9.80 Å². The highest BCUT2D eigenvalue weighted by atomic mass is 35.5. The molecule has 1 fully saturated rings. The van der Waals surface area contributed by atoms with Crippen LogP contribution in [0.3, 0.4) is 0 Å². The third-order valence-electron chi connectivity index (χ3n) is 6.17. The van der Waals surface area contributed by atoms with Crippen molar-refractivity contribution in [2.24, 2.45) is 0 Å². The number of anilines is 2. The van der Waals surface area contributed by atoms with Crippen LogP contribution in [0, 0.1) is 23.3 Å². The van der Waals surface area contributed by atoms with E-state index >= 15 is 0 Å². The Morgan fingerprint density at radius 2 is 1.67 bits per heavy atom. The van der Waals surface area contributed by atoms with Crippen molar-refractivity contribution in [3.05, 3.63) is 76.5 Å². The first-order valence-electron chi connectivity index (χ1n) is 11.3. The van der Waals surface area contributed by atoms with E-state index in [1.165, 1.54) is 46.8 Å². The van der Waals surface area contributed by atoms with Gasteiger partial charge in [-0.15, -0.1) is 0 Å². The number of carbonyl (C=O) groups is 1. The Hall–Kier alpha value is -3.66. The molecule has 36 heavy (non-hydrogen) atoms. The van der Waals surface area contributed by atoms with Gasteiger partial charge in [-0.2, -0.15) is 9.61 Å².